The Bertz CT molecular complexity index is 842. The standard InChI is InChI=1S/C17H26N2O5S2/c1-13(2)14-3-5-15(6-4-14)26(23,24)19-9-7-18(8-10-19)16-11-25(21,22)12-17(16)20/h3-6,13,16-17,20H,7-12H2,1-2H3/p+1/t16-,17+/m0/s1. The smallest absolute Gasteiger partial charge is 0.243 e. The molecule has 3 rings (SSSR count). The number of nitrogens with zero attached hydrogens (tertiary/aromatic N) is 1. The van der Waals surface area contributed by atoms with E-state index in [0.717, 1.165) is 10.5 Å². The first-order valence-corrected chi connectivity index (χ1v) is 12.2. The van der Waals surface area contributed by atoms with Crippen LogP contribution in [0.4, 0.5) is 0 Å². The highest BCUT2D eigenvalue weighted by Crippen LogP contribution is 2.20. The predicted molar refractivity (Wildman–Crippen MR) is 98.4 cm³/mol. The summed E-state index contributed by atoms with van der Waals surface area (Å²) in [5.41, 5.74) is 1.09. The summed E-state index contributed by atoms with van der Waals surface area (Å²) in [5.74, 6) is 0.131. The summed E-state index contributed by atoms with van der Waals surface area (Å²) >= 11 is 0. The van der Waals surface area contributed by atoms with Gasteiger partial charge in [0, 0.05) is 0 Å². The number of hydrogen-bond donors (Lipinski definition) is 2. The SMILES string of the molecule is CC(C)c1ccc(S(=O)(=O)N2CC[NH+]([C@H]3CS(=O)(=O)C[C@H]3O)CC2)cc1. The molecule has 2 aliphatic rings. The summed E-state index contributed by atoms with van der Waals surface area (Å²) < 4.78 is 50.5. The van der Waals surface area contributed by atoms with Gasteiger partial charge in [0.1, 0.15) is 17.9 Å². The number of sulfone groups is 1. The Kier molecular flexibility index (Phi) is 5.47. The van der Waals surface area contributed by atoms with Gasteiger partial charge in [-0.15, -0.1) is 0 Å². The topological polar surface area (TPSA) is 96.2 Å². The highest BCUT2D eigenvalue weighted by Gasteiger charge is 2.44. The zero-order valence-corrected chi connectivity index (χ0v) is 16.8. The minimum Gasteiger partial charge on any atom is -0.386 e. The molecule has 0 spiro atoms. The Morgan fingerprint density at radius 1 is 1.12 bits per heavy atom. The molecule has 0 radical (unpaired) electrons. The fraction of sp³-hybridized carbons (Fsp3) is 0.647. The van der Waals surface area contributed by atoms with Gasteiger partial charge in [-0.2, -0.15) is 4.31 Å². The molecule has 2 N–H and O–H groups in total. The van der Waals surface area contributed by atoms with E-state index in [1.807, 2.05) is 12.1 Å². The first-order valence-electron chi connectivity index (χ1n) is 8.93. The maximum atomic E-state index is 12.8. The highest BCUT2D eigenvalue weighted by molar-refractivity contribution is 7.91. The van der Waals surface area contributed by atoms with Crippen LogP contribution in [0.25, 0.3) is 0 Å². The van der Waals surface area contributed by atoms with Crippen LogP contribution >= 0.6 is 0 Å². The van der Waals surface area contributed by atoms with Crippen LogP contribution in [0, 0.1) is 0 Å². The van der Waals surface area contributed by atoms with Gasteiger partial charge in [0.25, 0.3) is 0 Å². The van der Waals surface area contributed by atoms with E-state index in [4.69, 9.17) is 0 Å². The van der Waals surface area contributed by atoms with Crippen molar-refractivity contribution in [1.82, 2.24) is 4.31 Å². The van der Waals surface area contributed by atoms with Crippen molar-refractivity contribution in [3.63, 3.8) is 0 Å². The number of benzene rings is 1. The molecule has 1 aromatic carbocycles. The molecular formula is C17H27N2O5S2+. The molecule has 2 saturated heterocycles. The molecule has 0 aliphatic carbocycles. The van der Waals surface area contributed by atoms with Crippen LogP contribution < -0.4 is 4.90 Å². The number of aliphatic hydroxyl groups excluding tert-OH is 1. The average Bonchev–Trinajstić information content (AvgIpc) is 2.87. The van der Waals surface area contributed by atoms with Gasteiger partial charge in [0.15, 0.2) is 9.84 Å². The van der Waals surface area contributed by atoms with E-state index < -0.39 is 26.0 Å². The van der Waals surface area contributed by atoms with E-state index in [2.05, 4.69) is 13.8 Å². The number of sulfonamides is 1. The number of piperazine rings is 1. The molecule has 7 nitrogen and oxygen atoms in total. The van der Waals surface area contributed by atoms with Gasteiger partial charge in [0.2, 0.25) is 10.0 Å². The van der Waals surface area contributed by atoms with Crippen LogP contribution in [-0.4, -0.2) is 76.1 Å². The number of quaternary nitrogens is 1. The van der Waals surface area contributed by atoms with Crippen molar-refractivity contribution >= 4 is 19.9 Å². The third-order valence-electron chi connectivity index (χ3n) is 5.40. The molecule has 0 unspecified atom stereocenters. The first-order chi connectivity index (χ1) is 12.1. The number of rotatable bonds is 4. The lowest BCUT2D eigenvalue weighted by molar-refractivity contribution is -0.928. The van der Waals surface area contributed by atoms with Crippen LogP contribution in [0.1, 0.15) is 25.3 Å². The maximum absolute atomic E-state index is 12.8. The van der Waals surface area contributed by atoms with Crippen LogP contribution in [0.15, 0.2) is 29.2 Å². The molecule has 0 amide bonds. The second kappa shape index (κ2) is 7.20. The zero-order valence-electron chi connectivity index (χ0n) is 15.1. The third-order valence-corrected chi connectivity index (χ3v) is 9.03. The summed E-state index contributed by atoms with van der Waals surface area (Å²) in [7, 11) is -6.74. The molecule has 2 heterocycles. The van der Waals surface area contributed by atoms with E-state index in [-0.39, 0.29) is 22.4 Å². The highest BCUT2D eigenvalue weighted by atomic mass is 32.2. The van der Waals surface area contributed by atoms with Gasteiger partial charge in [-0.1, -0.05) is 26.0 Å². The Balaban J connectivity index is 1.67. The van der Waals surface area contributed by atoms with Crippen LogP contribution in [0.5, 0.6) is 0 Å². The summed E-state index contributed by atoms with van der Waals surface area (Å²) in [6.45, 7) is 5.77. The van der Waals surface area contributed by atoms with E-state index in [1.165, 1.54) is 4.31 Å². The van der Waals surface area contributed by atoms with E-state index >= 15 is 0 Å². The summed E-state index contributed by atoms with van der Waals surface area (Å²) in [6.07, 6.45) is -0.860. The van der Waals surface area contributed by atoms with Gasteiger partial charge in [-0.05, 0) is 23.6 Å². The van der Waals surface area contributed by atoms with Crippen molar-refractivity contribution < 1.29 is 26.8 Å². The molecule has 2 fully saturated rings. The third kappa shape index (κ3) is 3.96. The van der Waals surface area contributed by atoms with Crippen molar-refractivity contribution in [2.45, 2.75) is 36.8 Å². The molecular weight excluding hydrogens is 376 g/mol. The Labute approximate surface area is 155 Å². The molecule has 26 heavy (non-hydrogen) atoms. The fourth-order valence-corrected chi connectivity index (χ4v) is 7.11. The fourth-order valence-electron chi connectivity index (χ4n) is 3.78. The van der Waals surface area contributed by atoms with Gasteiger partial charge < -0.3 is 10.0 Å². The van der Waals surface area contributed by atoms with Crippen LogP contribution in [-0.2, 0) is 19.9 Å². The van der Waals surface area contributed by atoms with Gasteiger partial charge in [-0.25, -0.2) is 16.8 Å². The normalized spacial score (nSPS) is 27.8. The molecule has 9 heteroatoms. The second-order valence-corrected chi connectivity index (χ2v) is 11.6. The lowest BCUT2D eigenvalue weighted by atomic mass is 10.0. The molecule has 0 saturated carbocycles. The van der Waals surface area contributed by atoms with Crippen molar-refractivity contribution in [3.8, 4) is 0 Å². The lowest BCUT2D eigenvalue weighted by Gasteiger charge is -2.35. The number of aliphatic hydroxyl groups is 1. The van der Waals surface area contributed by atoms with Gasteiger partial charge >= 0.3 is 0 Å². The zero-order chi connectivity index (χ0) is 19.1. The minimum atomic E-state index is -3.55. The Morgan fingerprint density at radius 2 is 1.69 bits per heavy atom. The molecule has 0 bridgehead atoms. The monoisotopic (exact) mass is 403 g/mol. The average molecular weight is 404 g/mol. The summed E-state index contributed by atoms with van der Waals surface area (Å²) in [5, 5.41) is 10.0. The van der Waals surface area contributed by atoms with Crippen molar-refractivity contribution in [1.29, 1.82) is 0 Å². The Morgan fingerprint density at radius 3 is 2.15 bits per heavy atom. The predicted octanol–water partition coefficient (Wildman–Crippen LogP) is -1.14. The number of nitrogens with one attached hydrogen (secondary N) is 1. The lowest BCUT2D eigenvalue weighted by Crippen LogP contribution is -3.19. The van der Waals surface area contributed by atoms with Crippen molar-refractivity contribution in [3.05, 3.63) is 29.8 Å². The quantitative estimate of drug-likeness (QED) is 0.662. The summed E-state index contributed by atoms with van der Waals surface area (Å²) in [6, 6.07) is 6.64. The first kappa shape index (κ1) is 19.8. The second-order valence-electron chi connectivity index (χ2n) is 7.54. The molecule has 2 aliphatic heterocycles. The molecule has 2 atom stereocenters. The van der Waals surface area contributed by atoms with Gasteiger partial charge in [-0.3, -0.25) is 0 Å². The largest absolute Gasteiger partial charge is 0.386 e. The Hall–Kier alpha value is -1.00. The minimum absolute atomic E-state index is 0.0209. The van der Waals surface area contributed by atoms with Gasteiger partial charge in [0.05, 0.1) is 36.8 Å². The van der Waals surface area contributed by atoms with E-state index in [1.54, 1.807) is 12.1 Å². The van der Waals surface area contributed by atoms with Crippen molar-refractivity contribution in [2.24, 2.45) is 0 Å². The molecule has 0 aromatic heterocycles. The van der Waals surface area contributed by atoms with E-state index in [9.17, 15) is 21.9 Å². The summed E-state index contributed by atoms with van der Waals surface area (Å²) in [4.78, 5) is 1.26. The van der Waals surface area contributed by atoms with E-state index in [0.29, 0.717) is 32.1 Å². The number of hydrogen-bond acceptors (Lipinski definition) is 5. The van der Waals surface area contributed by atoms with Crippen LogP contribution in [0.2, 0.25) is 0 Å². The molecule has 1 aromatic rings. The maximum Gasteiger partial charge on any atom is 0.243 e. The van der Waals surface area contributed by atoms with Crippen molar-refractivity contribution in [2.75, 3.05) is 37.7 Å². The molecule has 146 valence electrons. The van der Waals surface area contributed by atoms with Crippen LogP contribution in [0.3, 0.4) is 0 Å².